The van der Waals surface area contributed by atoms with Crippen LogP contribution >= 0.6 is 0 Å². The quantitative estimate of drug-likeness (QED) is 0.451. The van der Waals surface area contributed by atoms with Crippen LogP contribution in [-0.2, 0) is 11.2 Å². The molecule has 1 saturated heterocycles. The Balaban J connectivity index is 1.89. The van der Waals surface area contributed by atoms with E-state index in [1.807, 2.05) is 0 Å². The highest BCUT2D eigenvalue weighted by atomic mass is 19.1. The van der Waals surface area contributed by atoms with Crippen molar-refractivity contribution in [2.75, 3.05) is 6.61 Å². The number of hydrogen-bond donors (Lipinski definition) is 6. The molecule has 0 aliphatic carbocycles. The van der Waals surface area contributed by atoms with E-state index in [1.54, 1.807) is 12.1 Å². The van der Waals surface area contributed by atoms with Crippen LogP contribution in [0.15, 0.2) is 36.4 Å². The van der Waals surface area contributed by atoms with Gasteiger partial charge in [0.25, 0.3) is 0 Å². The van der Waals surface area contributed by atoms with Gasteiger partial charge in [-0.3, -0.25) is 0 Å². The van der Waals surface area contributed by atoms with Crippen LogP contribution in [0.2, 0.25) is 0 Å². The standard InChI is InChI=1S/C19H21FO7/c20-11-3-1-9(2-4-11)5-10-6-12(22)15(13(23)7-10)19-18(26)17(25)16(24)14(8-21)27-19/h1-4,6-7,14,16-19,21-26H,5,8H2/t14-,16-,17+,18?,19-/m1/s1. The van der Waals surface area contributed by atoms with Crippen LogP contribution in [0.4, 0.5) is 4.39 Å². The van der Waals surface area contributed by atoms with Crippen molar-refractivity contribution < 1.29 is 39.8 Å². The number of phenols is 2. The van der Waals surface area contributed by atoms with Gasteiger partial charge in [-0.2, -0.15) is 0 Å². The fourth-order valence-corrected chi connectivity index (χ4v) is 3.25. The molecule has 6 N–H and O–H groups in total. The molecule has 1 unspecified atom stereocenters. The van der Waals surface area contributed by atoms with Crippen LogP contribution < -0.4 is 0 Å². The van der Waals surface area contributed by atoms with Crippen molar-refractivity contribution in [2.24, 2.45) is 0 Å². The van der Waals surface area contributed by atoms with Crippen LogP contribution in [0.3, 0.4) is 0 Å². The summed E-state index contributed by atoms with van der Waals surface area (Å²) in [5.41, 5.74) is 1.13. The summed E-state index contributed by atoms with van der Waals surface area (Å²) in [4.78, 5) is 0. The SMILES string of the molecule is OC[C@H]1O[C@H](c2c(O)cc(Cc3ccc(F)cc3)cc2O)C(O)[C@@H](O)[C@@H]1O. The molecule has 3 rings (SSSR count). The van der Waals surface area contributed by atoms with Crippen molar-refractivity contribution in [3.8, 4) is 11.5 Å². The molecule has 27 heavy (non-hydrogen) atoms. The number of phenolic OH excluding ortho intramolecular Hbond substituents is 2. The van der Waals surface area contributed by atoms with E-state index < -0.39 is 37.1 Å². The summed E-state index contributed by atoms with van der Waals surface area (Å²) >= 11 is 0. The predicted molar refractivity (Wildman–Crippen MR) is 91.7 cm³/mol. The third-order valence-electron chi connectivity index (χ3n) is 4.69. The minimum absolute atomic E-state index is 0.158. The number of halogens is 1. The molecular weight excluding hydrogens is 359 g/mol. The van der Waals surface area contributed by atoms with Gasteiger partial charge in [0, 0.05) is 0 Å². The van der Waals surface area contributed by atoms with E-state index in [0.717, 1.165) is 5.56 Å². The number of aromatic hydroxyl groups is 2. The van der Waals surface area contributed by atoms with E-state index in [0.29, 0.717) is 12.0 Å². The Morgan fingerprint density at radius 1 is 0.852 bits per heavy atom. The highest BCUT2D eigenvalue weighted by molar-refractivity contribution is 5.49. The van der Waals surface area contributed by atoms with E-state index in [1.165, 1.54) is 24.3 Å². The van der Waals surface area contributed by atoms with Crippen molar-refractivity contribution in [3.05, 3.63) is 58.9 Å². The van der Waals surface area contributed by atoms with Gasteiger partial charge < -0.3 is 35.4 Å². The number of ether oxygens (including phenoxy) is 1. The van der Waals surface area contributed by atoms with Crippen molar-refractivity contribution in [1.29, 1.82) is 0 Å². The first-order valence-corrected chi connectivity index (χ1v) is 8.41. The smallest absolute Gasteiger partial charge is 0.125 e. The average Bonchev–Trinajstić information content (AvgIpc) is 2.63. The number of aliphatic hydroxyl groups is 4. The molecule has 146 valence electrons. The lowest BCUT2D eigenvalue weighted by Gasteiger charge is -2.40. The van der Waals surface area contributed by atoms with Gasteiger partial charge >= 0.3 is 0 Å². The van der Waals surface area contributed by atoms with Crippen LogP contribution in [0.1, 0.15) is 22.8 Å². The Bertz CT molecular complexity index is 770. The predicted octanol–water partition coefficient (Wildman–Crippen LogP) is 0.343. The highest BCUT2D eigenvalue weighted by Gasteiger charge is 2.45. The zero-order valence-electron chi connectivity index (χ0n) is 14.2. The van der Waals surface area contributed by atoms with Crippen molar-refractivity contribution in [3.63, 3.8) is 0 Å². The summed E-state index contributed by atoms with van der Waals surface area (Å²) < 4.78 is 18.4. The summed E-state index contributed by atoms with van der Waals surface area (Å²) in [6.45, 7) is -0.619. The Labute approximate surface area is 154 Å². The lowest BCUT2D eigenvalue weighted by Crippen LogP contribution is -2.55. The largest absolute Gasteiger partial charge is 0.507 e. The number of aliphatic hydroxyl groups excluding tert-OH is 4. The first-order valence-electron chi connectivity index (χ1n) is 8.41. The molecule has 1 aliphatic rings. The minimum Gasteiger partial charge on any atom is -0.507 e. The van der Waals surface area contributed by atoms with Crippen LogP contribution in [0.25, 0.3) is 0 Å². The van der Waals surface area contributed by atoms with Gasteiger partial charge in [-0.25, -0.2) is 4.39 Å². The monoisotopic (exact) mass is 380 g/mol. The maximum Gasteiger partial charge on any atom is 0.125 e. The first-order chi connectivity index (χ1) is 12.8. The van der Waals surface area contributed by atoms with Crippen molar-refractivity contribution >= 4 is 0 Å². The maximum atomic E-state index is 13.0. The van der Waals surface area contributed by atoms with E-state index in [4.69, 9.17) is 4.74 Å². The van der Waals surface area contributed by atoms with E-state index in [-0.39, 0.29) is 22.9 Å². The van der Waals surface area contributed by atoms with E-state index >= 15 is 0 Å². The summed E-state index contributed by atoms with van der Waals surface area (Å²) in [6, 6.07) is 8.48. The molecule has 0 radical (unpaired) electrons. The Kier molecular flexibility index (Phi) is 5.64. The third kappa shape index (κ3) is 3.90. The van der Waals surface area contributed by atoms with Crippen LogP contribution in [0, 0.1) is 5.82 Å². The number of hydrogen-bond acceptors (Lipinski definition) is 7. The van der Waals surface area contributed by atoms with E-state index in [9.17, 15) is 35.0 Å². The van der Waals surface area contributed by atoms with Crippen LogP contribution in [0.5, 0.6) is 11.5 Å². The highest BCUT2D eigenvalue weighted by Crippen LogP contribution is 2.42. The second-order valence-electron chi connectivity index (χ2n) is 6.60. The molecule has 7 nitrogen and oxygen atoms in total. The van der Waals surface area contributed by atoms with Gasteiger partial charge in [0.2, 0.25) is 0 Å². The van der Waals surface area contributed by atoms with Gasteiger partial charge in [-0.15, -0.1) is 0 Å². The zero-order valence-corrected chi connectivity index (χ0v) is 14.2. The molecule has 8 heteroatoms. The normalized spacial score (nSPS) is 28.3. The number of rotatable bonds is 4. The minimum atomic E-state index is -1.63. The van der Waals surface area contributed by atoms with E-state index in [2.05, 4.69) is 0 Å². The lowest BCUT2D eigenvalue weighted by molar-refractivity contribution is -0.232. The second-order valence-corrected chi connectivity index (χ2v) is 6.60. The Morgan fingerprint density at radius 3 is 2.00 bits per heavy atom. The Hall–Kier alpha value is -2.23. The molecular formula is C19H21FO7. The average molecular weight is 380 g/mol. The number of benzene rings is 2. The van der Waals surface area contributed by atoms with Gasteiger partial charge in [0.05, 0.1) is 12.2 Å². The third-order valence-corrected chi connectivity index (χ3v) is 4.69. The van der Waals surface area contributed by atoms with Gasteiger partial charge in [-0.05, 0) is 41.8 Å². The van der Waals surface area contributed by atoms with Crippen molar-refractivity contribution in [1.82, 2.24) is 0 Å². The molecule has 5 atom stereocenters. The van der Waals surface area contributed by atoms with Crippen LogP contribution in [-0.4, -0.2) is 61.7 Å². The molecule has 0 aromatic heterocycles. The zero-order chi connectivity index (χ0) is 19.7. The lowest BCUT2D eigenvalue weighted by atomic mass is 9.89. The second kappa shape index (κ2) is 7.79. The molecule has 2 aromatic carbocycles. The first kappa shape index (κ1) is 19.5. The summed E-state index contributed by atoms with van der Waals surface area (Å²) in [7, 11) is 0. The fraction of sp³-hybridized carbons (Fsp3) is 0.368. The molecule has 0 amide bonds. The molecule has 0 spiro atoms. The fourth-order valence-electron chi connectivity index (χ4n) is 3.25. The van der Waals surface area contributed by atoms with Gasteiger partial charge in [-0.1, -0.05) is 12.1 Å². The molecule has 1 fully saturated rings. The summed E-state index contributed by atoms with van der Waals surface area (Å²) in [6.07, 6.45) is -6.98. The molecule has 0 bridgehead atoms. The molecule has 0 saturated carbocycles. The molecule has 1 aliphatic heterocycles. The van der Waals surface area contributed by atoms with Gasteiger partial charge in [0.1, 0.15) is 47.8 Å². The summed E-state index contributed by atoms with van der Waals surface area (Å²) in [5, 5.41) is 59.9. The van der Waals surface area contributed by atoms with Gasteiger partial charge in [0.15, 0.2) is 0 Å². The maximum absolute atomic E-state index is 13.0. The molecule has 2 aromatic rings. The molecule has 1 heterocycles. The Morgan fingerprint density at radius 2 is 1.44 bits per heavy atom. The topological polar surface area (TPSA) is 131 Å². The summed E-state index contributed by atoms with van der Waals surface area (Å²) in [5.74, 6) is -1.13. The van der Waals surface area contributed by atoms with Crippen molar-refractivity contribution in [2.45, 2.75) is 36.9 Å².